The number of carboxylic acids is 1. The van der Waals surface area contributed by atoms with Gasteiger partial charge in [0.15, 0.2) is 0 Å². The van der Waals surface area contributed by atoms with Crippen molar-refractivity contribution in [1.82, 2.24) is 4.90 Å². The van der Waals surface area contributed by atoms with Crippen LogP contribution in [0.15, 0.2) is 60.8 Å². The second-order valence-electron chi connectivity index (χ2n) is 7.78. The highest BCUT2D eigenvalue weighted by Gasteiger charge is 2.12. The molecule has 0 aliphatic heterocycles. The number of carbonyl (C=O) groups is 1. The third kappa shape index (κ3) is 6.79. The SMILES string of the molecule is CN(/C=C/C(C#Cc1ccc(C(C)(C)C)cc1)c1ccc(Cl)cc1)CC(=O)O. The predicted octanol–water partition coefficient (Wildman–Crippen LogP) is 5.30. The molecule has 0 spiro atoms. The fraction of sp³-hybridized carbons (Fsp3) is 0.292. The number of aliphatic carboxylic acids is 1. The maximum Gasteiger partial charge on any atom is 0.323 e. The highest BCUT2D eigenvalue weighted by Crippen LogP contribution is 2.23. The second kappa shape index (κ2) is 9.48. The number of hydrogen-bond acceptors (Lipinski definition) is 2. The van der Waals surface area contributed by atoms with Crippen molar-refractivity contribution in [3.05, 3.63) is 82.5 Å². The van der Waals surface area contributed by atoms with E-state index in [1.807, 2.05) is 42.5 Å². The van der Waals surface area contributed by atoms with Gasteiger partial charge < -0.3 is 10.0 Å². The number of hydrogen-bond donors (Lipinski definition) is 1. The Bertz CT molecular complexity index is 881. The van der Waals surface area contributed by atoms with E-state index in [0.717, 1.165) is 11.1 Å². The first kappa shape index (κ1) is 21.6. The Labute approximate surface area is 172 Å². The van der Waals surface area contributed by atoms with Crippen LogP contribution in [0, 0.1) is 11.8 Å². The molecule has 0 bridgehead atoms. The number of likely N-dealkylation sites (N-methyl/N-ethyl adjacent to an activating group) is 1. The van der Waals surface area contributed by atoms with E-state index in [9.17, 15) is 4.79 Å². The monoisotopic (exact) mass is 395 g/mol. The standard InChI is InChI=1S/C24H26ClNO2/c1-24(2,3)21-11-6-18(7-12-21)5-8-20(15-16-26(4)17-23(27)28)19-9-13-22(25)14-10-19/h6-7,9-16,20H,17H2,1-4H3,(H,27,28)/b16-15+. The zero-order valence-corrected chi connectivity index (χ0v) is 17.5. The third-order valence-electron chi connectivity index (χ3n) is 4.27. The molecule has 0 aliphatic rings. The lowest BCUT2D eigenvalue weighted by Gasteiger charge is -2.18. The maximum absolute atomic E-state index is 10.9. The Hall–Kier alpha value is -2.70. The minimum atomic E-state index is -0.875. The third-order valence-corrected chi connectivity index (χ3v) is 4.52. The van der Waals surface area contributed by atoms with Gasteiger partial charge in [-0.05, 0) is 53.1 Å². The van der Waals surface area contributed by atoms with Crippen molar-refractivity contribution in [3.63, 3.8) is 0 Å². The number of allylic oxidation sites excluding steroid dienone is 1. The van der Waals surface area contributed by atoms with Crippen LogP contribution in [0.4, 0.5) is 0 Å². The van der Waals surface area contributed by atoms with Crippen LogP contribution in [0.1, 0.15) is 43.4 Å². The number of halogens is 1. The molecule has 0 saturated carbocycles. The number of nitrogens with zero attached hydrogens (tertiary/aromatic N) is 1. The molecule has 4 heteroatoms. The summed E-state index contributed by atoms with van der Waals surface area (Å²) in [6.07, 6.45) is 3.66. The summed E-state index contributed by atoms with van der Waals surface area (Å²) in [6, 6.07) is 15.8. The topological polar surface area (TPSA) is 40.5 Å². The summed E-state index contributed by atoms with van der Waals surface area (Å²) in [5.74, 6) is 5.47. The molecule has 2 rings (SSSR count). The fourth-order valence-electron chi connectivity index (χ4n) is 2.63. The van der Waals surface area contributed by atoms with Crippen LogP contribution < -0.4 is 0 Å². The Morgan fingerprint density at radius 2 is 1.75 bits per heavy atom. The molecule has 0 fully saturated rings. The van der Waals surface area contributed by atoms with Gasteiger partial charge in [0.2, 0.25) is 0 Å². The van der Waals surface area contributed by atoms with E-state index in [4.69, 9.17) is 16.7 Å². The molecule has 2 aromatic carbocycles. The summed E-state index contributed by atoms with van der Waals surface area (Å²) >= 11 is 6.00. The van der Waals surface area contributed by atoms with E-state index in [2.05, 4.69) is 44.7 Å². The Morgan fingerprint density at radius 3 is 2.29 bits per heavy atom. The highest BCUT2D eigenvalue weighted by atomic mass is 35.5. The van der Waals surface area contributed by atoms with Crippen LogP contribution in [-0.4, -0.2) is 29.6 Å². The van der Waals surface area contributed by atoms with Crippen molar-refractivity contribution < 1.29 is 9.90 Å². The van der Waals surface area contributed by atoms with Crippen LogP contribution >= 0.6 is 11.6 Å². The normalized spacial score (nSPS) is 12.3. The molecule has 0 aromatic heterocycles. The summed E-state index contributed by atoms with van der Waals surface area (Å²) in [6.45, 7) is 6.49. The molecular weight excluding hydrogens is 370 g/mol. The smallest absolute Gasteiger partial charge is 0.323 e. The molecule has 0 radical (unpaired) electrons. The van der Waals surface area contributed by atoms with Gasteiger partial charge in [-0.15, -0.1) is 0 Å². The van der Waals surface area contributed by atoms with Gasteiger partial charge in [-0.2, -0.15) is 0 Å². The number of rotatable bonds is 5. The summed E-state index contributed by atoms with van der Waals surface area (Å²) < 4.78 is 0. The van der Waals surface area contributed by atoms with Crippen molar-refractivity contribution in [2.75, 3.05) is 13.6 Å². The molecule has 0 aliphatic carbocycles. The minimum Gasteiger partial charge on any atom is -0.480 e. The molecular formula is C24H26ClNO2. The summed E-state index contributed by atoms with van der Waals surface area (Å²) in [7, 11) is 1.72. The molecule has 1 N–H and O–H groups in total. The molecule has 146 valence electrons. The number of benzene rings is 2. The molecule has 0 heterocycles. The highest BCUT2D eigenvalue weighted by molar-refractivity contribution is 6.30. The molecule has 3 nitrogen and oxygen atoms in total. The zero-order chi connectivity index (χ0) is 20.7. The average molecular weight is 396 g/mol. The first-order valence-electron chi connectivity index (χ1n) is 9.13. The molecule has 28 heavy (non-hydrogen) atoms. The molecule has 2 aromatic rings. The quantitative estimate of drug-likeness (QED) is 0.698. The van der Waals surface area contributed by atoms with Crippen LogP contribution in [0.25, 0.3) is 0 Å². The van der Waals surface area contributed by atoms with E-state index >= 15 is 0 Å². The van der Waals surface area contributed by atoms with Gasteiger partial charge in [0, 0.05) is 17.6 Å². The lowest BCUT2D eigenvalue weighted by molar-refractivity contribution is -0.137. The Morgan fingerprint density at radius 1 is 1.14 bits per heavy atom. The van der Waals surface area contributed by atoms with Crippen molar-refractivity contribution in [2.45, 2.75) is 32.1 Å². The van der Waals surface area contributed by atoms with E-state index in [-0.39, 0.29) is 17.9 Å². The van der Waals surface area contributed by atoms with Gasteiger partial charge in [-0.3, -0.25) is 4.79 Å². The van der Waals surface area contributed by atoms with Gasteiger partial charge in [0.25, 0.3) is 0 Å². The van der Waals surface area contributed by atoms with Crippen molar-refractivity contribution in [2.24, 2.45) is 0 Å². The lowest BCUT2D eigenvalue weighted by atomic mass is 9.87. The summed E-state index contributed by atoms with van der Waals surface area (Å²) in [5.41, 5.74) is 3.32. The van der Waals surface area contributed by atoms with Gasteiger partial charge in [0.1, 0.15) is 6.54 Å². The van der Waals surface area contributed by atoms with E-state index in [1.54, 1.807) is 18.1 Å². The van der Waals surface area contributed by atoms with Gasteiger partial charge >= 0.3 is 5.97 Å². The number of carboxylic acid groups (broad SMARTS) is 1. The van der Waals surface area contributed by atoms with Crippen molar-refractivity contribution >= 4 is 17.6 Å². The average Bonchev–Trinajstić information content (AvgIpc) is 2.62. The fourth-order valence-corrected chi connectivity index (χ4v) is 2.75. The van der Waals surface area contributed by atoms with Crippen LogP contribution in [0.3, 0.4) is 0 Å². The van der Waals surface area contributed by atoms with Crippen LogP contribution in [0.2, 0.25) is 5.02 Å². The summed E-state index contributed by atoms with van der Waals surface area (Å²) in [4.78, 5) is 12.5. The van der Waals surface area contributed by atoms with Gasteiger partial charge in [0.05, 0.1) is 5.92 Å². The van der Waals surface area contributed by atoms with E-state index in [0.29, 0.717) is 5.02 Å². The van der Waals surface area contributed by atoms with Gasteiger partial charge in [-0.25, -0.2) is 0 Å². The zero-order valence-electron chi connectivity index (χ0n) is 16.7. The minimum absolute atomic E-state index is 0.0640. The predicted molar refractivity (Wildman–Crippen MR) is 116 cm³/mol. The largest absolute Gasteiger partial charge is 0.480 e. The molecule has 0 amide bonds. The second-order valence-corrected chi connectivity index (χ2v) is 8.21. The molecule has 1 atom stereocenters. The summed E-state index contributed by atoms with van der Waals surface area (Å²) in [5, 5.41) is 9.58. The Kier molecular flexibility index (Phi) is 7.31. The molecule has 1 unspecified atom stereocenters. The first-order chi connectivity index (χ1) is 13.1. The van der Waals surface area contributed by atoms with Crippen molar-refractivity contribution in [3.8, 4) is 11.8 Å². The Balaban J connectivity index is 2.27. The van der Waals surface area contributed by atoms with Crippen LogP contribution in [-0.2, 0) is 10.2 Å². The molecule has 0 saturated heterocycles. The lowest BCUT2D eigenvalue weighted by Crippen LogP contribution is -2.20. The first-order valence-corrected chi connectivity index (χ1v) is 9.51. The van der Waals surface area contributed by atoms with Crippen molar-refractivity contribution in [1.29, 1.82) is 0 Å². The maximum atomic E-state index is 10.9. The van der Waals surface area contributed by atoms with Crippen LogP contribution in [0.5, 0.6) is 0 Å². The van der Waals surface area contributed by atoms with Gasteiger partial charge in [-0.1, -0.05) is 68.5 Å². The van der Waals surface area contributed by atoms with E-state index < -0.39 is 5.97 Å². The van der Waals surface area contributed by atoms with E-state index in [1.165, 1.54) is 5.56 Å².